The molecule has 0 aliphatic rings. The molecule has 0 aliphatic carbocycles. The van der Waals surface area contributed by atoms with E-state index >= 15 is 0 Å². The first-order valence-electron chi connectivity index (χ1n) is 6.49. The van der Waals surface area contributed by atoms with E-state index in [2.05, 4.69) is 20.7 Å². The fourth-order valence-electron chi connectivity index (χ4n) is 1.70. The summed E-state index contributed by atoms with van der Waals surface area (Å²) in [5, 5.41) is 8.27. The van der Waals surface area contributed by atoms with Crippen LogP contribution in [-0.2, 0) is 38.1 Å². The van der Waals surface area contributed by atoms with Gasteiger partial charge in [-0.3, -0.25) is 19.2 Å². The largest absolute Gasteiger partial charge is 0.469 e. The first kappa shape index (κ1) is 21.3. The average Bonchev–Trinajstić information content (AvgIpc) is 2.40. The number of esters is 4. The Labute approximate surface area is 141 Å². The molecule has 0 amide bonds. The molecular weight excluding hydrogens is 380 g/mol. The van der Waals surface area contributed by atoms with Crippen molar-refractivity contribution in [3.8, 4) is 0 Å². The third-order valence-electron chi connectivity index (χ3n) is 2.48. The van der Waals surface area contributed by atoms with Gasteiger partial charge in [-0.2, -0.15) is 0 Å². The summed E-state index contributed by atoms with van der Waals surface area (Å²) in [5.41, 5.74) is 0. The molecule has 0 aromatic heterocycles. The molecule has 9 nitrogen and oxygen atoms in total. The monoisotopic (exact) mass is 398 g/mol. The lowest BCUT2D eigenvalue weighted by Crippen LogP contribution is -2.49. The molecule has 10 heteroatoms. The summed E-state index contributed by atoms with van der Waals surface area (Å²) < 4.78 is 19.3. The molecule has 1 N–H and O–H groups in total. The first-order valence-corrected chi connectivity index (χ1v) is 7.40. The lowest BCUT2D eigenvalue weighted by atomic mass is 10.0. The van der Waals surface area contributed by atoms with E-state index < -0.39 is 53.6 Å². The Balaban J connectivity index is 5.60. The van der Waals surface area contributed by atoms with Gasteiger partial charge in [0.15, 0.2) is 18.3 Å². The third-order valence-corrected chi connectivity index (χ3v) is 3.00. The fourth-order valence-corrected chi connectivity index (χ4v) is 2.11. The summed E-state index contributed by atoms with van der Waals surface area (Å²) in [6, 6.07) is 0. The van der Waals surface area contributed by atoms with Gasteiger partial charge in [-0.15, -0.1) is 0 Å². The molecule has 0 heterocycles. The summed E-state index contributed by atoms with van der Waals surface area (Å²) in [5.74, 6) is -3.08. The Hall–Kier alpha value is -1.68. The van der Waals surface area contributed by atoms with Crippen molar-refractivity contribution in [2.24, 2.45) is 0 Å². The van der Waals surface area contributed by atoms with E-state index in [-0.39, 0.29) is 0 Å². The molecule has 0 spiro atoms. The van der Waals surface area contributed by atoms with E-state index in [4.69, 9.17) is 14.2 Å². The highest BCUT2D eigenvalue weighted by Gasteiger charge is 2.41. The number of alkyl halides is 1. The Morgan fingerprint density at radius 2 is 1.35 bits per heavy atom. The Bertz CT molecular complexity index is 449. The summed E-state index contributed by atoms with van der Waals surface area (Å²) in [4.78, 5) is 45.2. The van der Waals surface area contributed by atoms with E-state index in [1.807, 2.05) is 0 Å². The predicted molar refractivity (Wildman–Crippen MR) is 78.2 cm³/mol. The van der Waals surface area contributed by atoms with Gasteiger partial charge < -0.3 is 24.1 Å². The molecule has 0 aromatic carbocycles. The van der Waals surface area contributed by atoms with Crippen molar-refractivity contribution in [3.05, 3.63) is 0 Å². The highest BCUT2D eigenvalue weighted by atomic mass is 79.9. The van der Waals surface area contributed by atoms with E-state index in [0.717, 1.165) is 27.9 Å². The van der Waals surface area contributed by atoms with Crippen LogP contribution in [0.25, 0.3) is 0 Å². The zero-order valence-corrected chi connectivity index (χ0v) is 14.7. The van der Waals surface area contributed by atoms with Gasteiger partial charge in [0.05, 0.1) is 13.5 Å². The Morgan fingerprint density at radius 3 is 1.70 bits per heavy atom. The standard InChI is InChI=1S/C13H19BrO9/c1-6(15)21-9(5-10(18)20-4)11(22-7(2)16)12(13(14)19)23-8(3)17/h9,11-13,19H,5H2,1-4H3/t9-,11+,12?,13+/m1/s1. The van der Waals surface area contributed by atoms with Crippen LogP contribution in [0.2, 0.25) is 0 Å². The molecule has 0 radical (unpaired) electrons. The van der Waals surface area contributed by atoms with Crippen molar-refractivity contribution in [3.63, 3.8) is 0 Å². The van der Waals surface area contributed by atoms with Gasteiger partial charge in [0.2, 0.25) is 0 Å². The highest BCUT2D eigenvalue weighted by molar-refractivity contribution is 9.09. The van der Waals surface area contributed by atoms with Crippen molar-refractivity contribution in [2.75, 3.05) is 7.11 Å². The molecule has 23 heavy (non-hydrogen) atoms. The number of halogens is 1. The highest BCUT2D eigenvalue weighted by Crippen LogP contribution is 2.22. The SMILES string of the molecule is COC(=O)C[C@@H](OC(C)=O)[C@H](OC(C)=O)C(OC(C)=O)[C@H](O)Br. The second-order valence-corrected chi connectivity index (χ2v) is 5.39. The number of hydrogen-bond acceptors (Lipinski definition) is 9. The van der Waals surface area contributed by atoms with Gasteiger partial charge in [0, 0.05) is 20.8 Å². The minimum absolute atomic E-state index is 0.467. The van der Waals surface area contributed by atoms with Crippen LogP contribution >= 0.6 is 15.9 Å². The zero-order chi connectivity index (χ0) is 18.2. The molecule has 132 valence electrons. The second-order valence-electron chi connectivity index (χ2n) is 4.45. The molecule has 0 aromatic rings. The van der Waals surface area contributed by atoms with Crippen LogP contribution in [0.5, 0.6) is 0 Å². The molecule has 0 saturated carbocycles. The summed E-state index contributed by atoms with van der Waals surface area (Å²) in [6.45, 7) is 3.23. The summed E-state index contributed by atoms with van der Waals surface area (Å²) in [7, 11) is 1.12. The molecular formula is C13H19BrO9. The van der Waals surface area contributed by atoms with E-state index in [1.54, 1.807) is 0 Å². The van der Waals surface area contributed by atoms with Crippen molar-refractivity contribution in [2.45, 2.75) is 50.5 Å². The van der Waals surface area contributed by atoms with Crippen molar-refractivity contribution in [1.82, 2.24) is 0 Å². The number of carbonyl (C=O) groups excluding carboxylic acids is 4. The number of rotatable bonds is 8. The smallest absolute Gasteiger partial charge is 0.309 e. The number of ether oxygens (including phenoxy) is 4. The van der Waals surface area contributed by atoms with Gasteiger partial charge in [-0.25, -0.2) is 0 Å². The van der Waals surface area contributed by atoms with E-state index in [1.165, 1.54) is 0 Å². The number of hydrogen-bond donors (Lipinski definition) is 1. The molecule has 0 aliphatic heterocycles. The number of aliphatic hydroxyl groups excluding tert-OH is 1. The number of methoxy groups -OCH3 is 1. The van der Waals surface area contributed by atoms with Crippen LogP contribution in [0.4, 0.5) is 0 Å². The van der Waals surface area contributed by atoms with Crippen LogP contribution < -0.4 is 0 Å². The van der Waals surface area contributed by atoms with E-state index in [0.29, 0.717) is 0 Å². The maximum absolute atomic E-state index is 11.5. The van der Waals surface area contributed by atoms with E-state index in [9.17, 15) is 24.3 Å². The first-order chi connectivity index (χ1) is 10.6. The average molecular weight is 399 g/mol. The lowest BCUT2D eigenvalue weighted by Gasteiger charge is -2.32. The van der Waals surface area contributed by atoms with Crippen molar-refractivity contribution in [1.29, 1.82) is 0 Å². The van der Waals surface area contributed by atoms with Crippen LogP contribution in [0.15, 0.2) is 0 Å². The van der Waals surface area contributed by atoms with Gasteiger partial charge >= 0.3 is 23.9 Å². The van der Waals surface area contributed by atoms with Crippen molar-refractivity contribution < 1.29 is 43.2 Å². The Morgan fingerprint density at radius 1 is 0.913 bits per heavy atom. The minimum atomic E-state index is -1.44. The predicted octanol–water partition coefficient (Wildman–Crippen LogP) is 0.0579. The maximum Gasteiger partial charge on any atom is 0.309 e. The number of carbonyl (C=O) groups is 4. The van der Waals surface area contributed by atoms with Crippen LogP contribution in [0.1, 0.15) is 27.2 Å². The van der Waals surface area contributed by atoms with Gasteiger partial charge in [0.25, 0.3) is 0 Å². The topological polar surface area (TPSA) is 125 Å². The molecule has 4 atom stereocenters. The lowest BCUT2D eigenvalue weighted by molar-refractivity contribution is -0.189. The zero-order valence-electron chi connectivity index (χ0n) is 13.1. The summed E-state index contributed by atoms with van der Waals surface area (Å²) in [6.07, 6.45) is -4.62. The fraction of sp³-hybridized carbons (Fsp3) is 0.692. The molecule has 0 saturated heterocycles. The second kappa shape index (κ2) is 10.2. The Kier molecular flexibility index (Phi) is 9.42. The third kappa shape index (κ3) is 8.50. The quantitative estimate of drug-likeness (QED) is 0.343. The minimum Gasteiger partial charge on any atom is -0.469 e. The summed E-state index contributed by atoms with van der Waals surface area (Å²) >= 11 is 2.81. The van der Waals surface area contributed by atoms with Crippen LogP contribution in [0.3, 0.4) is 0 Å². The maximum atomic E-state index is 11.5. The van der Waals surface area contributed by atoms with Gasteiger partial charge in [-0.05, 0) is 0 Å². The molecule has 0 fully saturated rings. The normalized spacial score (nSPS) is 15.6. The number of aliphatic hydroxyl groups is 1. The molecule has 0 rings (SSSR count). The van der Waals surface area contributed by atoms with Crippen LogP contribution in [-0.4, -0.2) is 59.4 Å². The van der Waals surface area contributed by atoms with Gasteiger partial charge in [-0.1, -0.05) is 15.9 Å². The molecule has 1 unspecified atom stereocenters. The molecule has 0 bridgehead atoms. The van der Waals surface area contributed by atoms with Gasteiger partial charge in [0.1, 0.15) is 5.01 Å². The van der Waals surface area contributed by atoms with Crippen LogP contribution in [0, 0.1) is 0 Å². The van der Waals surface area contributed by atoms with Crippen molar-refractivity contribution >= 4 is 39.8 Å².